The van der Waals surface area contributed by atoms with Gasteiger partial charge < -0.3 is 23.5 Å². The van der Waals surface area contributed by atoms with Crippen molar-refractivity contribution in [2.75, 3.05) is 19.8 Å². The molecular weight excluding hydrogens is 1280 g/mol. The lowest BCUT2D eigenvalue weighted by Crippen LogP contribution is -2.41. The summed E-state index contributed by atoms with van der Waals surface area (Å²) in [6.45, 7) is 16.5. The Labute approximate surface area is 553 Å². The minimum atomic E-state index is -0.709. The van der Waals surface area contributed by atoms with E-state index in [1.165, 1.54) is 38.5 Å². The third kappa shape index (κ3) is 16.9. The van der Waals surface area contributed by atoms with E-state index in [-0.39, 0.29) is 17.5 Å². The molecule has 3 heterocycles. The standard InChI is InChI=1S/2C26H26BrFN2O.C24H32BFO3/c2*1-3-4-5-8-15-31-25-10-7-6-9-20(25)18-11-13-21(23(28)16-18)26-22-17-19(27)12-14-24(22)30(2)29-26;1-6-7-8-11-16-27-22-13-10-9-12-19(22)18-14-15-20(21(26)17-18)25-28-23(2,3)24(4,5)29-25/h2*6-7,9-14,16-17H,3-5,8,15H2,1-2H3;9-10,12-15,17H,6-8,11,16H2,1-5H3. The Bertz CT molecular complexity index is 3850. The molecular formula is C76H84BBr2F3N4O5. The first-order valence-electron chi connectivity index (χ1n) is 32.1. The molecule has 15 heteroatoms. The second kappa shape index (κ2) is 31.9. The average molecular weight is 1360 g/mol. The van der Waals surface area contributed by atoms with Crippen molar-refractivity contribution in [3.8, 4) is 73.1 Å². The summed E-state index contributed by atoms with van der Waals surface area (Å²) in [5, 5.41) is 11.0. The SMILES string of the molecule is CCCCCCOc1ccccc1-c1ccc(-c2nn(C)c3ccc(Br)cc23)c(F)c1.CCCCCCOc1ccccc1-c1ccc(-c2nn(C)c3ccc(Br)cc23)c(F)c1.CCCCCCOc1ccccc1-c1ccc(B2OC(C)(C)C(C)(C)O2)c(F)c1. The van der Waals surface area contributed by atoms with Gasteiger partial charge in [0.1, 0.15) is 46.1 Å². The highest BCUT2D eigenvalue weighted by molar-refractivity contribution is 9.10. The van der Waals surface area contributed by atoms with E-state index in [2.05, 4.69) is 62.8 Å². The van der Waals surface area contributed by atoms with Crippen LogP contribution >= 0.6 is 31.9 Å². The molecule has 1 aliphatic heterocycles. The van der Waals surface area contributed by atoms with Gasteiger partial charge in [-0.25, -0.2) is 13.2 Å². The number of para-hydroxylation sites is 3. The van der Waals surface area contributed by atoms with Gasteiger partial charge in [0.05, 0.1) is 42.1 Å². The molecule has 8 aromatic carbocycles. The Balaban J connectivity index is 0.000000162. The summed E-state index contributed by atoms with van der Waals surface area (Å²) in [7, 11) is 3.04. The van der Waals surface area contributed by atoms with Crippen LogP contribution in [0.2, 0.25) is 0 Å². The topological polar surface area (TPSA) is 81.8 Å². The Hall–Kier alpha value is -7.17. The van der Waals surface area contributed by atoms with Crippen LogP contribution < -0.4 is 19.7 Å². The summed E-state index contributed by atoms with van der Waals surface area (Å²) < 4.78 is 81.1. The van der Waals surface area contributed by atoms with Crippen LogP contribution in [0.25, 0.3) is 77.7 Å². The fourth-order valence-corrected chi connectivity index (χ4v) is 11.8. The van der Waals surface area contributed by atoms with Crippen LogP contribution in [0, 0.1) is 17.5 Å². The lowest BCUT2D eigenvalue weighted by molar-refractivity contribution is 0.00578. The van der Waals surface area contributed by atoms with Crippen molar-refractivity contribution in [2.24, 2.45) is 14.1 Å². The van der Waals surface area contributed by atoms with Crippen molar-refractivity contribution in [3.05, 3.63) is 190 Å². The highest BCUT2D eigenvalue weighted by Gasteiger charge is 2.52. The molecule has 0 bridgehead atoms. The highest BCUT2D eigenvalue weighted by Crippen LogP contribution is 2.40. The summed E-state index contributed by atoms with van der Waals surface area (Å²) in [6.07, 6.45) is 13.8. The van der Waals surface area contributed by atoms with Crippen molar-refractivity contribution in [3.63, 3.8) is 0 Å². The molecule has 10 aromatic rings. The van der Waals surface area contributed by atoms with Gasteiger partial charge in [0.25, 0.3) is 0 Å². The maximum absolute atomic E-state index is 15.3. The molecule has 11 rings (SSSR count). The van der Waals surface area contributed by atoms with Crippen molar-refractivity contribution in [1.82, 2.24) is 19.6 Å². The largest absolute Gasteiger partial charge is 0.497 e. The number of ether oxygens (including phenoxy) is 3. The Morgan fingerprint density at radius 1 is 0.418 bits per heavy atom. The van der Waals surface area contributed by atoms with Crippen LogP contribution in [-0.2, 0) is 23.4 Å². The van der Waals surface area contributed by atoms with E-state index >= 15 is 13.2 Å². The summed E-state index contributed by atoms with van der Waals surface area (Å²) >= 11 is 7.01. The number of aryl methyl sites for hydroxylation is 2. The molecule has 0 amide bonds. The molecule has 91 heavy (non-hydrogen) atoms. The molecule has 1 saturated heterocycles. The van der Waals surface area contributed by atoms with Gasteiger partial charge in [0, 0.05) is 67.1 Å². The van der Waals surface area contributed by atoms with Crippen LogP contribution in [-0.4, -0.2) is 57.7 Å². The summed E-state index contributed by atoms with van der Waals surface area (Å²) in [5.41, 5.74) is 8.68. The third-order valence-corrected chi connectivity index (χ3v) is 17.9. The minimum Gasteiger partial charge on any atom is -0.493 e. The van der Waals surface area contributed by atoms with Gasteiger partial charge in [-0.1, -0.05) is 189 Å². The van der Waals surface area contributed by atoms with E-state index in [0.29, 0.717) is 47.8 Å². The van der Waals surface area contributed by atoms with Gasteiger partial charge in [-0.15, -0.1) is 0 Å². The molecule has 0 unspecified atom stereocenters. The van der Waals surface area contributed by atoms with Gasteiger partial charge in [0.2, 0.25) is 0 Å². The molecule has 0 radical (unpaired) electrons. The highest BCUT2D eigenvalue weighted by atomic mass is 79.9. The normalized spacial score (nSPS) is 13.2. The average Bonchev–Trinajstić information content (AvgIpc) is 1.68. The molecule has 0 spiro atoms. The van der Waals surface area contributed by atoms with Crippen LogP contribution in [0.15, 0.2) is 173 Å². The van der Waals surface area contributed by atoms with E-state index in [9.17, 15) is 0 Å². The summed E-state index contributed by atoms with van der Waals surface area (Å²) in [5.74, 6) is 1.44. The monoisotopic (exact) mass is 1360 g/mol. The van der Waals surface area contributed by atoms with Gasteiger partial charge in [0.15, 0.2) is 0 Å². The second-order valence-corrected chi connectivity index (χ2v) is 26.0. The molecule has 1 fully saturated rings. The molecule has 2 aromatic heterocycles. The third-order valence-electron chi connectivity index (χ3n) is 16.9. The lowest BCUT2D eigenvalue weighted by atomic mass is 9.78. The maximum atomic E-state index is 15.3. The van der Waals surface area contributed by atoms with Crippen molar-refractivity contribution in [1.29, 1.82) is 0 Å². The van der Waals surface area contributed by atoms with E-state index in [1.54, 1.807) is 33.6 Å². The number of aromatic nitrogens is 4. The zero-order valence-corrected chi connectivity index (χ0v) is 57.2. The second-order valence-electron chi connectivity index (χ2n) is 24.2. The van der Waals surface area contributed by atoms with Crippen LogP contribution in [0.5, 0.6) is 17.2 Å². The number of benzene rings is 8. The Kier molecular flexibility index (Phi) is 23.9. The number of hydrogen-bond acceptors (Lipinski definition) is 7. The number of fused-ring (bicyclic) bond motifs is 2. The molecule has 476 valence electrons. The first-order chi connectivity index (χ1) is 43.9. The number of nitrogens with zero attached hydrogens (tertiary/aromatic N) is 4. The molecule has 1 aliphatic rings. The van der Waals surface area contributed by atoms with Crippen molar-refractivity contribution in [2.45, 2.75) is 137 Å². The molecule has 0 N–H and O–H groups in total. The number of halogens is 5. The van der Waals surface area contributed by atoms with Gasteiger partial charge in [-0.3, -0.25) is 9.36 Å². The first kappa shape index (κ1) is 68.2. The fraction of sp³-hybridized carbons (Fsp3) is 0.342. The van der Waals surface area contributed by atoms with Gasteiger partial charge >= 0.3 is 7.12 Å². The van der Waals surface area contributed by atoms with Crippen LogP contribution in [0.3, 0.4) is 0 Å². The minimum absolute atomic E-state index is 0.296. The Morgan fingerprint density at radius 3 is 1.12 bits per heavy atom. The zero-order valence-electron chi connectivity index (χ0n) is 54.0. The summed E-state index contributed by atoms with van der Waals surface area (Å²) in [4.78, 5) is 0. The Morgan fingerprint density at radius 2 is 0.769 bits per heavy atom. The predicted molar refractivity (Wildman–Crippen MR) is 375 cm³/mol. The maximum Gasteiger partial charge on any atom is 0.497 e. The summed E-state index contributed by atoms with van der Waals surface area (Å²) in [6, 6.07) is 51.2. The molecule has 0 atom stereocenters. The predicted octanol–water partition coefficient (Wildman–Crippen LogP) is 21.3. The van der Waals surface area contributed by atoms with E-state index < -0.39 is 18.3 Å². The molecule has 9 nitrogen and oxygen atoms in total. The van der Waals surface area contributed by atoms with Crippen molar-refractivity contribution < 1.29 is 36.7 Å². The number of hydrogen-bond donors (Lipinski definition) is 0. The first-order valence-corrected chi connectivity index (χ1v) is 33.7. The van der Waals surface area contributed by atoms with E-state index in [0.717, 1.165) is 120 Å². The smallest absolute Gasteiger partial charge is 0.493 e. The van der Waals surface area contributed by atoms with E-state index in [1.807, 2.05) is 181 Å². The zero-order chi connectivity index (χ0) is 64.7. The fourth-order valence-electron chi connectivity index (χ4n) is 11.1. The van der Waals surface area contributed by atoms with Crippen LogP contribution in [0.4, 0.5) is 13.2 Å². The number of unbranched alkanes of at least 4 members (excludes halogenated alkanes) is 9. The van der Waals surface area contributed by atoms with Crippen LogP contribution in [0.1, 0.15) is 126 Å². The lowest BCUT2D eigenvalue weighted by Gasteiger charge is -2.32. The number of rotatable bonds is 24. The molecule has 0 aliphatic carbocycles. The van der Waals surface area contributed by atoms with Crippen molar-refractivity contribution >= 4 is 66.2 Å². The van der Waals surface area contributed by atoms with Gasteiger partial charge in [-0.2, -0.15) is 10.2 Å². The quantitative estimate of drug-likeness (QED) is 0.0440. The van der Waals surface area contributed by atoms with E-state index in [4.69, 9.17) is 23.5 Å². The van der Waals surface area contributed by atoms with Gasteiger partial charge in [-0.05, 0) is 149 Å². The molecule has 0 saturated carbocycles.